The number of rotatable bonds is 4. The highest BCUT2D eigenvalue weighted by Crippen LogP contribution is 1.88. The van der Waals surface area contributed by atoms with Gasteiger partial charge in [0.1, 0.15) is 0 Å². The largest absolute Gasteiger partial charge is 0.462 e. The third kappa shape index (κ3) is 6.64. The lowest BCUT2D eigenvalue weighted by Gasteiger charge is -1.97. The van der Waals surface area contributed by atoms with Gasteiger partial charge >= 0.3 is 5.97 Å². The van der Waals surface area contributed by atoms with Crippen molar-refractivity contribution < 1.29 is 9.53 Å². The Hall–Kier alpha value is -1.25. The van der Waals surface area contributed by atoms with Gasteiger partial charge in [-0.15, -0.1) is 6.58 Å². The maximum atomic E-state index is 10.7. The number of esters is 1. The molecule has 0 radical (unpaired) electrons. The van der Waals surface area contributed by atoms with Crippen molar-refractivity contribution in [3.8, 4) is 0 Å². The Morgan fingerprint density at radius 3 is 2.82 bits per heavy atom. The van der Waals surface area contributed by atoms with Crippen LogP contribution in [0.25, 0.3) is 0 Å². The normalized spacial score (nSPS) is 10.8. The third-order valence-corrected chi connectivity index (χ3v) is 0.912. The van der Waals surface area contributed by atoms with E-state index >= 15 is 0 Å². The fraction of sp³-hybridized carbons (Fsp3) is 0.375. The summed E-state index contributed by atoms with van der Waals surface area (Å²) < 4.78 is 4.73. The topological polar surface area (TPSA) is 52.3 Å². The Kier molecular flexibility index (Phi) is 4.90. The molecule has 0 aliphatic heterocycles. The Balaban J connectivity index is 3.53. The molecule has 3 heteroatoms. The second-order valence-corrected chi connectivity index (χ2v) is 2.13. The Labute approximate surface area is 66.5 Å². The van der Waals surface area contributed by atoms with E-state index < -0.39 is 5.97 Å². The van der Waals surface area contributed by atoms with E-state index in [1.807, 2.05) is 0 Å². The molecule has 0 aromatic rings. The van der Waals surface area contributed by atoms with Crippen LogP contribution in [0.4, 0.5) is 0 Å². The summed E-state index contributed by atoms with van der Waals surface area (Å²) in [5.74, 6) is -0.396. The minimum Gasteiger partial charge on any atom is -0.462 e. The molecule has 0 amide bonds. The molecule has 3 nitrogen and oxygen atoms in total. The van der Waals surface area contributed by atoms with Crippen molar-refractivity contribution in [3.05, 3.63) is 24.4 Å². The molecule has 0 aromatic heterocycles. The van der Waals surface area contributed by atoms with Crippen LogP contribution in [0.5, 0.6) is 0 Å². The lowest BCUT2D eigenvalue weighted by molar-refractivity contribution is -0.137. The van der Waals surface area contributed by atoms with Gasteiger partial charge in [-0.3, -0.25) is 0 Å². The molecule has 0 spiro atoms. The molecule has 0 aromatic carbocycles. The summed E-state index contributed by atoms with van der Waals surface area (Å²) in [6, 6.07) is 0. The van der Waals surface area contributed by atoms with Gasteiger partial charge in [-0.25, -0.2) is 4.79 Å². The monoisotopic (exact) mass is 155 g/mol. The molecule has 0 saturated heterocycles. The van der Waals surface area contributed by atoms with E-state index in [9.17, 15) is 4.79 Å². The number of hydrogen-bond donors (Lipinski definition) is 1. The van der Waals surface area contributed by atoms with Crippen molar-refractivity contribution in [2.24, 2.45) is 5.73 Å². The van der Waals surface area contributed by atoms with Gasteiger partial charge in [0.15, 0.2) is 0 Å². The number of allylic oxidation sites excluding steroid dienone is 1. The average Bonchev–Trinajstić information content (AvgIpc) is 1.86. The average molecular weight is 155 g/mol. The molecule has 0 fully saturated rings. The first-order valence-electron chi connectivity index (χ1n) is 3.38. The maximum absolute atomic E-state index is 10.7. The zero-order valence-corrected chi connectivity index (χ0v) is 6.67. The van der Waals surface area contributed by atoms with E-state index in [4.69, 9.17) is 10.5 Å². The summed E-state index contributed by atoms with van der Waals surface area (Å²) in [7, 11) is 0. The fourth-order valence-electron chi connectivity index (χ4n) is 0.470. The molecule has 0 aliphatic rings. The van der Waals surface area contributed by atoms with Gasteiger partial charge < -0.3 is 10.5 Å². The molecule has 0 heterocycles. The van der Waals surface area contributed by atoms with Crippen molar-refractivity contribution in [2.45, 2.75) is 13.3 Å². The molecule has 0 saturated carbocycles. The highest BCUT2D eigenvalue weighted by atomic mass is 16.5. The zero-order valence-electron chi connectivity index (χ0n) is 6.67. The summed E-state index contributed by atoms with van der Waals surface area (Å²) >= 11 is 0. The molecule has 0 aliphatic carbocycles. The predicted octanol–water partition coefficient (Wildman–Crippen LogP) is 0.968. The van der Waals surface area contributed by atoms with Crippen LogP contribution in [0.15, 0.2) is 24.4 Å². The maximum Gasteiger partial charge on any atom is 0.332 e. The Morgan fingerprint density at radius 2 is 2.36 bits per heavy atom. The SMILES string of the molecule is C=CCCOC(=O)/C=C(\C)N. The summed E-state index contributed by atoms with van der Waals surface area (Å²) in [6.45, 7) is 5.49. The van der Waals surface area contributed by atoms with Crippen LogP contribution in [-0.2, 0) is 9.53 Å². The van der Waals surface area contributed by atoms with Gasteiger partial charge in [0.05, 0.1) is 6.61 Å². The highest BCUT2D eigenvalue weighted by molar-refractivity contribution is 5.82. The van der Waals surface area contributed by atoms with Crippen molar-refractivity contribution in [2.75, 3.05) is 6.61 Å². The van der Waals surface area contributed by atoms with Gasteiger partial charge in [0.2, 0.25) is 0 Å². The quantitative estimate of drug-likeness (QED) is 0.285. The second-order valence-electron chi connectivity index (χ2n) is 2.13. The summed E-state index contributed by atoms with van der Waals surface area (Å²) in [6.07, 6.45) is 3.61. The van der Waals surface area contributed by atoms with Crippen LogP contribution < -0.4 is 5.73 Å². The molecule has 2 N–H and O–H groups in total. The summed E-state index contributed by atoms with van der Waals surface area (Å²) in [5.41, 5.74) is 5.69. The number of carbonyl (C=O) groups is 1. The Bertz CT molecular complexity index is 169. The van der Waals surface area contributed by atoms with E-state index in [1.54, 1.807) is 13.0 Å². The van der Waals surface area contributed by atoms with E-state index in [1.165, 1.54) is 6.08 Å². The first-order chi connectivity index (χ1) is 5.16. The van der Waals surface area contributed by atoms with Crippen LogP contribution in [0.2, 0.25) is 0 Å². The highest BCUT2D eigenvalue weighted by Gasteiger charge is 1.95. The first-order valence-corrected chi connectivity index (χ1v) is 3.38. The van der Waals surface area contributed by atoms with E-state index in [0.717, 1.165) is 0 Å². The van der Waals surface area contributed by atoms with Gasteiger partial charge in [0, 0.05) is 11.8 Å². The van der Waals surface area contributed by atoms with Gasteiger partial charge in [-0.2, -0.15) is 0 Å². The van der Waals surface area contributed by atoms with Gasteiger partial charge in [-0.1, -0.05) is 6.08 Å². The molecular formula is C8H13NO2. The van der Waals surface area contributed by atoms with E-state index in [-0.39, 0.29) is 0 Å². The molecule has 62 valence electrons. The van der Waals surface area contributed by atoms with E-state index in [0.29, 0.717) is 18.7 Å². The molecule has 0 atom stereocenters. The summed E-state index contributed by atoms with van der Waals surface area (Å²) in [4.78, 5) is 10.7. The molecule has 11 heavy (non-hydrogen) atoms. The Morgan fingerprint density at radius 1 is 1.73 bits per heavy atom. The molecule has 0 rings (SSSR count). The van der Waals surface area contributed by atoms with Crippen molar-refractivity contribution in [1.29, 1.82) is 0 Å². The molecular weight excluding hydrogens is 142 g/mol. The second kappa shape index (κ2) is 5.53. The molecule has 0 unspecified atom stereocenters. The first kappa shape index (κ1) is 9.75. The van der Waals surface area contributed by atoms with Crippen LogP contribution in [0, 0.1) is 0 Å². The van der Waals surface area contributed by atoms with E-state index in [2.05, 4.69) is 6.58 Å². The summed E-state index contributed by atoms with van der Waals surface area (Å²) in [5, 5.41) is 0. The van der Waals surface area contributed by atoms with Crippen molar-refractivity contribution in [1.82, 2.24) is 0 Å². The van der Waals surface area contributed by atoms with Crippen LogP contribution in [0.3, 0.4) is 0 Å². The third-order valence-electron chi connectivity index (χ3n) is 0.912. The zero-order chi connectivity index (χ0) is 8.69. The lowest BCUT2D eigenvalue weighted by Crippen LogP contribution is -2.04. The minimum absolute atomic E-state index is 0.367. The standard InChI is InChI=1S/C8H13NO2/c1-3-4-5-11-8(10)6-7(2)9/h3,6H,1,4-5,9H2,2H3/b7-6+. The number of ether oxygens (including phenoxy) is 1. The molecule has 0 bridgehead atoms. The van der Waals surface area contributed by atoms with Crippen LogP contribution in [-0.4, -0.2) is 12.6 Å². The lowest BCUT2D eigenvalue weighted by atomic mass is 10.4. The van der Waals surface area contributed by atoms with Crippen molar-refractivity contribution >= 4 is 5.97 Å². The van der Waals surface area contributed by atoms with Gasteiger partial charge in [-0.05, 0) is 13.3 Å². The number of nitrogens with two attached hydrogens (primary N) is 1. The fourth-order valence-corrected chi connectivity index (χ4v) is 0.470. The van der Waals surface area contributed by atoms with Crippen molar-refractivity contribution in [3.63, 3.8) is 0 Å². The number of hydrogen-bond acceptors (Lipinski definition) is 3. The number of carbonyl (C=O) groups excluding carboxylic acids is 1. The smallest absolute Gasteiger partial charge is 0.332 e. The van der Waals surface area contributed by atoms with Crippen LogP contribution in [0.1, 0.15) is 13.3 Å². The predicted molar refractivity (Wildman–Crippen MR) is 43.7 cm³/mol. The van der Waals surface area contributed by atoms with Gasteiger partial charge in [0.25, 0.3) is 0 Å². The minimum atomic E-state index is -0.396. The van der Waals surface area contributed by atoms with Crippen LogP contribution >= 0.6 is 0 Å².